The Bertz CT molecular complexity index is 363. The lowest BCUT2D eigenvalue weighted by atomic mass is 10.0. The van der Waals surface area contributed by atoms with Gasteiger partial charge in [-0.1, -0.05) is 5.21 Å². The zero-order valence-electron chi connectivity index (χ0n) is 9.70. The molecule has 0 amide bonds. The van der Waals surface area contributed by atoms with Crippen LogP contribution >= 0.6 is 0 Å². The molecule has 1 N–H and O–H groups in total. The Morgan fingerprint density at radius 2 is 2.41 bits per heavy atom. The van der Waals surface area contributed by atoms with E-state index in [1.165, 1.54) is 4.68 Å². The Morgan fingerprint density at radius 3 is 3.00 bits per heavy atom. The zero-order valence-corrected chi connectivity index (χ0v) is 9.70. The third kappa shape index (κ3) is 2.78. The third-order valence-electron chi connectivity index (χ3n) is 2.82. The fraction of sp³-hybridized carbons (Fsp3) is 0.800. The minimum absolute atomic E-state index is 0.132. The smallest absolute Gasteiger partial charge is 0.257 e. The van der Waals surface area contributed by atoms with Crippen LogP contribution in [0.1, 0.15) is 23.7 Å². The maximum absolute atomic E-state index is 12.4. The lowest BCUT2D eigenvalue weighted by molar-refractivity contribution is 0.118. The van der Waals surface area contributed by atoms with Gasteiger partial charge in [0.05, 0.1) is 12.3 Å². The molecule has 2 heterocycles. The van der Waals surface area contributed by atoms with E-state index in [2.05, 4.69) is 15.6 Å². The van der Waals surface area contributed by atoms with Crippen molar-refractivity contribution >= 4 is 0 Å². The van der Waals surface area contributed by atoms with Crippen LogP contribution in [0.3, 0.4) is 0 Å². The summed E-state index contributed by atoms with van der Waals surface area (Å²) in [5.74, 6) is 0.132. The zero-order chi connectivity index (χ0) is 12.3. The fourth-order valence-corrected chi connectivity index (χ4v) is 2.11. The van der Waals surface area contributed by atoms with E-state index >= 15 is 0 Å². The van der Waals surface area contributed by atoms with Gasteiger partial charge in [-0.3, -0.25) is 0 Å². The Hall–Kier alpha value is -1.08. The van der Waals surface area contributed by atoms with Crippen molar-refractivity contribution in [1.29, 1.82) is 0 Å². The highest BCUT2D eigenvalue weighted by Crippen LogP contribution is 2.27. The molecule has 0 aliphatic carbocycles. The molecular formula is C10H16F2N4O. The molecule has 5 nitrogen and oxygen atoms in total. The number of nitrogens with one attached hydrogen (secondary N) is 1. The van der Waals surface area contributed by atoms with Crippen LogP contribution in [0.15, 0.2) is 0 Å². The van der Waals surface area contributed by atoms with Gasteiger partial charge in [-0.05, 0) is 13.5 Å². The SMILES string of the molecule is CNCc1nnn(CC(F)F)c1C1CCOC1. The summed E-state index contributed by atoms with van der Waals surface area (Å²) in [7, 11) is 1.79. The van der Waals surface area contributed by atoms with Gasteiger partial charge in [0.15, 0.2) is 0 Å². The molecule has 0 radical (unpaired) electrons. The Labute approximate surface area is 98.1 Å². The molecule has 0 bridgehead atoms. The first-order chi connectivity index (χ1) is 8.22. The summed E-state index contributed by atoms with van der Waals surface area (Å²) in [6.45, 7) is 1.37. The fourth-order valence-electron chi connectivity index (χ4n) is 2.11. The first kappa shape index (κ1) is 12.4. The van der Waals surface area contributed by atoms with Crippen molar-refractivity contribution in [3.63, 3.8) is 0 Å². The molecule has 1 aromatic rings. The van der Waals surface area contributed by atoms with Gasteiger partial charge in [-0.25, -0.2) is 13.5 Å². The van der Waals surface area contributed by atoms with Crippen LogP contribution in [0.25, 0.3) is 0 Å². The van der Waals surface area contributed by atoms with Crippen LogP contribution in [0.5, 0.6) is 0 Å². The number of hydrogen-bond acceptors (Lipinski definition) is 4. The maximum Gasteiger partial charge on any atom is 0.257 e. The van der Waals surface area contributed by atoms with Crippen LogP contribution in [-0.2, 0) is 17.8 Å². The molecule has 7 heteroatoms. The van der Waals surface area contributed by atoms with Crippen LogP contribution in [-0.4, -0.2) is 41.7 Å². The second-order valence-electron chi connectivity index (χ2n) is 4.09. The molecule has 0 aromatic carbocycles. The molecule has 1 atom stereocenters. The van der Waals surface area contributed by atoms with E-state index in [4.69, 9.17) is 4.74 Å². The Balaban J connectivity index is 2.25. The number of rotatable bonds is 5. The van der Waals surface area contributed by atoms with Gasteiger partial charge in [0.1, 0.15) is 12.2 Å². The quantitative estimate of drug-likeness (QED) is 0.833. The van der Waals surface area contributed by atoms with Crippen molar-refractivity contribution in [2.45, 2.75) is 31.9 Å². The standard InChI is InChI=1S/C10H16F2N4O/c1-13-4-8-10(7-2-3-17-6-7)16(15-14-8)5-9(11)12/h7,9,13H,2-6H2,1H3. The Kier molecular flexibility index (Phi) is 4.01. The number of halogens is 2. The predicted molar refractivity (Wildman–Crippen MR) is 57.0 cm³/mol. The molecule has 1 aliphatic heterocycles. The molecule has 1 saturated heterocycles. The van der Waals surface area contributed by atoms with Crippen LogP contribution in [0, 0.1) is 0 Å². The van der Waals surface area contributed by atoms with Crippen molar-refractivity contribution in [3.8, 4) is 0 Å². The van der Waals surface area contributed by atoms with Crippen LogP contribution < -0.4 is 5.32 Å². The summed E-state index contributed by atoms with van der Waals surface area (Å²) in [4.78, 5) is 0. The van der Waals surface area contributed by atoms with Gasteiger partial charge in [-0.2, -0.15) is 0 Å². The molecule has 1 aromatic heterocycles. The molecule has 96 valence electrons. The minimum Gasteiger partial charge on any atom is -0.381 e. The minimum atomic E-state index is -2.42. The average molecular weight is 246 g/mol. The van der Waals surface area contributed by atoms with Gasteiger partial charge in [0, 0.05) is 19.1 Å². The molecule has 1 unspecified atom stereocenters. The molecule has 1 aliphatic rings. The van der Waals surface area contributed by atoms with E-state index in [1.807, 2.05) is 0 Å². The molecule has 0 spiro atoms. The summed E-state index contributed by atoms with van der Waals surface area (Å²) in [6, 6.07) is 0. The Morgan fingerprint density at radius 1 is 1.59 bits per heavy atom. The van der Waals surface area contributed by atoms with Gasteiger partial charge in [0.25, 0.3) is 6.43 Å². The normalized spacial score (nSPS) is 20.4. The number of nitrogens with zero attached hydrogens (tertiary/aromatic N) is 3. The van der Waals surface area contributed by atoms with Crippen molar-refractivity contribution in [3.05, 3.63) is 11.4 Å². The van der Waals surface area contributed by atoms with E-state index in [0.29, 0.717) is 19.8 Å². The van der Waals surface area contributed by atoms with Gasteiger partial charge < -0.3 is 10.1 Å². The maximum atomic E-state index is 12.4. The summed E-state index contributed by atoms with van der Waals surface area (Å²) in [5, 5.41) is 10.7. The van der Waals surface area contributed by atoms with Crippen molar-refractivity contribution in [2.75, 3.05) is 20.3 Å². The highest BCUT2D eigenvalue weighted by molar-refractivity contribution is 5.17. The predicted octanol–water partition coefficient (Wildman–Crippen LogP) is 0.766. The summed E-state index contributed by atoms with van der Waals surface area (Å²) in [5.41, 5.74) is 1.53. The molecular weight excluding hydrogens is 230 g/mol. The van der Waals surface area contributed by atoms with E-state index < -0.39 is 13.0 Å². The lowest BCUT2D eigenvalue weighted by Gasteiger charge is -2.12. The number of alkyl halides is 2. The van der Waals surface area contributed by atoms with E-state index in [0.717, 1.165) is 17.8 Å². The molecule has 2 rings (SSSR count). The van der Waals surface area contributed by atoms with E-state index in [1.54, 1.807) is 7.05 Å². The highest BCUT2D eigenvalue weighted by atomic mass is 19.3. The molecule has 1 fully saturated rings. The second-order valence-corrected chi connectivity index (χ2v) is 4.09. The lowest BCUT2D eigenvalue weighted by Crippen LogP contribution is -2.17. The first-order valence-corrected chi connectivity index (χ1v) is 5.65. The number of hydrogen-bond donors (Lipinski definition) is 1. The molecule has 17 heavy (non-hydrogen) atoms. The summed E-state index contributed by atoms with van der Waals surface area (Å²) >= 11 is 0. The van der Waals surface area contributed by atoms with Crippen LogP contribution in [0.4, 0.5) is 8.78 Å². The van der Waals surface area contributed by atoms with Gasteiger partial charge in [0.2, 0.25) is 0 Å². The number of aromatic nitrogens is 3. The monoisotopic (exact) mass is 246 g/mol. The van der Waals surface area contributed by atoms with Crippen molar-refractivity contribution < 1.29 is 13.5 Å². The van der Waals surface area contributed by atoms with Gasteiger partial charge >= 0.3 is 0 Å². The van der Waals surface area contributed by atoms with E-state index in [-0.39, 0.29) is 5.92 Å². The topological polar surface area (TPSA) is 52.0 Å². The third-order valence-corrected chi connectivity index (χ3v) is 2.82. The largest absolute Gasteiger partial charge is 0.381 e. The summed E-state index contributed by atoms with van der Waals surface area (Å²) < 4.78 is 31.5. The average Bonchev–Trinajstić information content (AvgIpc) is 2.87. The van der Waals surface area contributed by atoms with Crippen LogP contribution in [0.2, 0.25) is 0 Å². The number of ether oxygens (including phenoxy) is 1. The highest BCUT2D eigenvalue weighted by Gasteiger charge is 2.26. The van der Waals surface area contributed by atoms with Crippen molar-refractivity contribution in [1.82, 2.24) is 20.3 Å². The van der Waals surface area contributed by atoms with Gasteiger partial charge in [-0.15, -0.1) is 5.10 Å². The van der Waals surface area contributed by atoms with E-state index in [9.17, 15) is 8.78 Å². The second kappa shape index (κ2) is 5.50. The van der Waals surface area contributed by atoms with Crippen molar-refractivity contribution in [2.24, 2.45) is 0 Å². The first-order valence-electron chi connectivity index (χ1n) is 5.65. The summed E-state index contributed by atoms with van der Waals surface area (Å²) in [6.07, 6.45) is -1.58. The molecule has 0 saturated carbocycles.